The number of hydrogen-bond donors (Lipinski definition) is 0. The summed E-state index contributed by atoms with van der Waals surface area (Å²) < 4.78 is 16.1. The van der Waals surface area contributed by atoms with Crippen LogP contribution in [0.5, 0.6) is 0 Å². The van der Waals surface area contributed by atoms with E-state index in [0.717, 1.165) is 18.9 Å². The average molecular weight is 176 g/mol. The lowest BCUT2D eigenvalue weighted by molar-refractivity contribution is -0.0882. The third kappa shape index (κ3) is 2.26. The van der Waals surface area contributed by atoms with Gasteiger partial charge >= 0.3 is 8.56 Å². The Morgan fingerprint density at radius 3 is 2.73 bits per heavy atom. The molecule has 1 rings (SSSR count). The van der Waals surface area contributed by atoms with Gasteiger partial charge in [-0.3, -0.25) is 0 Å². The van der Waals surface area contributed by atoms with Gasteiger partial charge < -0.3 is 13.6 Å². The molecule has 0 spiro atoms. The minimum absolute atomic E-state index is 0.0274. The third-order valence-electron chi connectivity index (χ3n) is 2.15. The van der Waals surface area contributed by atoms with Crippen molar-refractivity contribution in [2.45, 2.75) is 31.7 Å². The second-order valence-electron chi connectivity index (χ2n) is 3.01. The van der Waals surface area contributed by atoms with E-state index in [0.29, 0.717) is 0 Å². The number of methoxy groups -OCH3 is 1. The van der Waals surface area contributed by atoms with Crippen LogP contribution in [-0.4, -0.2) is 29.1 Å². The molecule has 0 aromatic heterocycles. The molecule has 1 aliphatic heterocycles. The first kappa shape index (κ1) is 9.19. The summed E-state index contributed by atoms with van der Waals surface area (Å²) in [5, 5.41) is 0. The standard InChI is InChI=1S/C7H16O3Si/c1-8-7-5-4-6-11(3,9-2)10-7/h7H,4-6H2,1-3H3. The van der Waals surface area contributed by atoms with E-state index in [1.807, 2.05) is 0 Å². The van der Waals surface area contributed by atoms with Crippen molar-refractivity contribution in [3.63, 3.8) is 0 Å². The molecule has 0 aromatic carbocycles. The monoisotopic (exact) mass is 176 g/mol. The van der Waals surface area contributed by atoms with Gasteiger partial charge in [-0.15, -0.1) is 0 Å². The van der Waals surface area contributed by atoms with Gasteiger partial charge in [-0.05, 0) is 25.4 Å². The number of hydrogen-bond acceptors (Lipinski definition) is 3. The summed E-state index contributed by atoms with van der Waals surface area (Å²) in [5.74, 6) is 0. The van der Waals surface area contributed by atoms with Crippen LogP contribution in [0.15, 0.2) is 0 Å². The van der Waals surface area contributed by atoms with Gasteiger partial charge in [-0.1, -0.05) is 0 Å². The molecule has 0 saturated carbocycles. The number of rotatable bonds is 2. The molecule has 11 heavy (non-hydrogen) atoms. The van der Waals surface area contributed by atoms with Crippen LogP contribution in [-0.2, 0) is 13.6 Å². The number of ether oxygens (including phenoxy) is 1. The van der Waals surface area contributed by atoms with Crippen LogP contribution in [0, 0.1) is 0 Å². The van der Waals surface area contributed by atoms with Crippen molar-refractivity contribution >= 4 is 8.56 Å². The van der Waals surface area contributed by atoms with Crippen molar-refractivity contribution in [3.8, 4) is 0 Å². The van der Waals surface area contributed by atoms with Crippen molar-refractivity contribution < 1.29 is 13.6 Å². The highest BCUT2D eigenvalue weighted by atomic mass is 28.4. The molecule has 2 unspecified atom stereocenters. The molecule has 2 atom stereocenters. The Balaban J connectivity index is 2.44. The lowest BCUT2D eigenvalue weighted by Crippen LogP contribution is -2.45. The molecule has 0 amide bonds. The Morgan fingerprint density at radius 2 is 2.18 bits per heavy atom. The Morgan fingerprint density at radius 1 is 1.45 bits per heavy atom. The highest BCUT2D eigenvalue weighted by molar-refractivity contribution is 6.66. The largest absolute Gasteiger partial charge is 0.398 e. The molecular weight excluding hydrogens is 160 g/mol. The molecule has 1 aliphatic rings. The second kappa shape index (κ2) is 3.67. The van der Waals surface area contributed by atoms with E-state index in [-0.39, 0.29) is 6.29 Å². The molecule has 0 aromatic rings. The fourth-order valence-electron chi connectivity index (χ4n) is 1.30. The maximum atomic E-state index is 5.67. The topological polar surface area (TPSA) is 27.7 Å². The predicted molar refractivity (Wildman–Crippen MR) is 44.6 cm³/mol. The maximum absolute atomic E-state index is 5.67. The fraction of sp³-hybridized carbons (Fsp3) is 1.00. The van der Waals surface area contributed by atoms with Crippen LogP contribution in [0.25, 0.3) is 0 Å². The summed E-state index contributed by atoms with van der Waals surface area (Å²) in [4.78, 5) is 0. The smallest absolute Gasteiger partial charge is 0.336 e. The third-order valence-corrected chi connectivity index (χ3v) is 5.03. The Hall–Kier alpha value is 0.0969. The minimum atomic E-state index is -1.82. The molecule has 1 saturated heterocycles. The van der Waals surface area contributed by atoms with Crippen LogP contribution in [0.3, 0.4) is 0 Å². The van der Waals surface area contributed by atoms with Gasteiger partial charge in [0.1, 0.15) is 6.29 Å². The highest BCUT2D eigenvalue weighted by Crippen LogP contribution is 2.26. The van der Waals surface area contributed by atoms with Crippen molar-refractivity contribution in [3.05, 3.63) is 0 Å². The van der Waals surface area contributed by atoms with E-state index in [1.54, 1.807) is 14.2 Å². The van der Waals surface area contributed by atoms with Gasteiger partial charge in [0.2, 0.25) is 0 Å². The SMILES string of the molecule is COC1CCC[Si](C)(OC)O1. The predicted octanol–water partition coefficient (Wildman–Crippen LogP) is 1.49. The zero-order chi connectivity index (χ0) is 8.32. The summed E-state index contributed by atoms with van der Waals surface area (Å²) in [6.07, 6.45) is 2.14. The molecular formula is C7H16O3Si. The van der Waals surface area contributed by atoms with Crippen molar-refractivity contribution in [2.75, 3.05) is 14.2 Å². The van der Waals surface area contributed by atoms with Gasteiger partial charge in [-0.25, -0.2) is 0 Å². The van der Waals surface area contributed by atoms with Crippen LogP contribution in [0.2, 0.25) is 12.6 Å². The zero-order valence-electron chi connectivity index (χ0n) is 7.42. The fourth-order valence-corrected chi connectivity index (χ4v) is 3.34. The molecule has 0 radical (unpaired) electrons. The Bertz CT molecular complexity index is 131. The molecule has 0 bridgehead atoms. The quantitative estimate of drug-likeness (QED) is 0.597. The van der Waals surface area contributed by atoms with E-state index in [4.69, 9.17) is 13.6 Å². The molecule has 4 heteroatoms. The summed E-state index contributed by atoms with van der Waals surface area (Å²) in [6, 6.07) is 1.09. The summed E-state index contributed by atoms with van der Waals surface area (Å²) in [7, 11) is 1.59. The minimum Gasteiger partial charge on any atom is -0.398 e. The summed E-state index contributed by atoms with van der Waals surface area (Å²) in [6.45, 7) is 2.08. The van der Waals surface area contributed by atoms with Crippen molar-refractivity contribution in [2.24, 2.45) is 0 Å². The van der Waals surface area contributed by atoms with Crippen LogP contribution < -0.4 is 0 Å². The van der Waals surface area contributed by atoms with Gasteiger partial charge in [0.25, 0.3) is 0 Å². The summed E-state index contributed by atoms with van der Waals surface area (Å²) >= 11 is 0. The summed E-state index contributed by atoms with van der Waals surface area (Å²) in [5.41, 5.74) is 0. The Labute approximate surface area is 68.9 Å². The van der Waals surface area contributed by atoms with E-state index in [1.165, 1.54) is 0 Å². The molecule has 3 nitrogen and oxygen atoms in total. The second-order valence-corrected chi connectivity index (χ2v) is 6.42. The van der Waals surface area contributed by atoms with Gasteiger partial charge in [0, 0.05) is 14.2 Å². The Kier molecular flexibility index (Phi) is 3.06. The average Bonchev–Trinajstić information content (AvgIpc) is 2.05. The van der Waals surface area contributed by atoms with E-state index in [2.05, 4.69) is 6.55 Å². The first-order valence-electron chi connectivity index (χ1n) is 3.96. The molecule has 0 aliphatic carbocycles. The lowest BCUT2D eigenvalue weighted by atomic mass is 10.3. The van der Waals surface area contributed by atoms with Gasteiger partial charge in [-0.2, -0.15) is 0 Å². The molecule has 1 fully saturated rings. The van der Waals surface area contributed by atoms with Crippen molar-refractivity contribution in [1.29, 1.82) is 0 Å². The highest BCUT2D eigenvalue weighted by Gasteiger charge is 2.36. The van der Waals surface area contributed by atoms with Crippen molar-refractivity contribution in [1.82, 2.24) is 0 Å². The van der Waals surface area contributed by atoms with Gasteiger partial charge in [0.05, 0.1) is 0 Å². The van der Waals surface area contributed by atoms with E-state index >= 15 is 0 Å². The first-order valence-corrected chi connectivity index (χ1v) is 6.48. The normalized spacial score (nSPS) is 39.0. The molecule has 0 N–H and O–H groups in total. The lowest BCUT2D eigenvalue weighted by Gasteiger charge is -2.34. The van der Waals surface area contributed by atoms with Crippen LogP contribution in [0.1, 0.15) is 12.8 Å². The first-order chi connectivity index (χ1) is 5.20. The van der Waals surface area contributed by atoms with E-state index in [9.17, 15) is 0 Å². The molecule has 1 heterocycles. The van der Waals surface area contributed by atoms with E-state index < -0.39 is 8.56 Å². The van der Waals surface area contributed by atoms with Crippen LogP contribution in [0.4, 0.5) is 0 Å². The maximum Gasteiger partial charge on any atom is 0.336 e. The zero-order valence-corrected chi connectivity index (χ0v) is 8.42. The molecule has 66 valence electrons. The van der Waals surface area contributed by atoms with Gasteiger partial charge in [0.15, 0.2) is 0 Å². The van der Waals surface area contributed by atoms with Crippen LogP contribution >= 0.6 is 0 Å².